The first kappa shape index (κ1) is 30.7. The molecule has 2 aliphatic rings. The second-order valence-corrected chi connectivity index (χ2v) is 8.30. The number of rotatable bonds is 9. The summed E-state index contributed by atoms with van der Waals surface area (Å²) in [6.07, 6.45) is 0. The summed E-state index contributed by atoms with van der Waals surface area (Å²) in [5, 5.41) is 38.4. The normalized spacial score (nSPS) is 22.3. The van der Waals surface area contributed by atoms with Crippen molar-refractivity contribution in [2.75, 3.05) is 31.0 Å². The maximum absolute atomic E-state index is 12.6. The third kappa shape index (κ3) is 7.08. The van der Waals surface area contributed by atoms with Crippen LogP contribution in [0.25, 0.3) is 0 Å². The number of nitrogens with two attached hydrogens (primary N) is 1. The summed E-state index contributed by atoms with van der Waals surface area (Å²) in [6.45, 7) is 0.541. The largest absolute Gasteiger partial charge is 1.00 e. The van der Waals surface area contributed by atoms with E-state index < -0.39 is 59.2 Å². The number of aliphatic carboxylic acids is 3. The van der Waals surface area contributed by atoms with E-state index in [9.17, 15) is 29.4 Å². The van der Waals surface area contributed by atoms with E-state index in [1.165, 1.54) is 7.11 Å². The molecule has 2 amide bonds. The standard InChI is InChI=1S/C14H19N3O8S2.C2H4O2.Na/c1-25-14(16-8(19)5-26-4-7(15)10(20)21)12(24)17-9(11(22)23)6(2-18)3-27-13(14)17;1-2(3)4;/h7,13,18H,2-5,15H2,1H3,(H,16,19)(H,20,21)(H,22,23);1H3,(H,3,4);/q;;+1/p-1/t7-,13-,14+;;/m1../s1. The van der Waals surface area contributed by atoms with Crippen molar-refractivity contribution in [3.63, 3.8) is 0 Å². The number of hydrogen-bond donors (Lipinski definition) is 5. The number of methoxy groups -OCH3 is 1. The summed E-state index contributed by atoms with van der Waals surface area (Å²) in [5.74, 6) is -5.07. The molecule has 2 heterocycles. The quantitative estimate of drug-likeness (QED) is 0.112. The molecule has 0 spiro atoms. The van der Waals surface area contributed by atoms with Crippen LogP contribution in [0.3, 0.4) is 0 Å². The van der Waals surface area contributed by atoms with Gasteiger partial charge in [-0.3, -0.25) is 24.1 Å². The van der Waals surface area contributed by atoms with Gasteiger partial charge in [-0.15, -0.1) is 23.5 Å². The first-order chi connectivity index (χ1) is 14.4. The zero-order chi connectivity index (χ0) is 23.9. The van der Waals surface area contributed by atoms with Gasteiger partial charge in [-0.05, 0) is 5.57 Å². The van der Waals surface area contributed by atoms with E-state index >= 15 is 0 Å². The molecule has 13 nitrogen and oxygen atoms in total. The minimum absolute atomic E-state index is 0. The molecule has 0 aliphatic carbocycles. The van der Waals surface area contributed by atoms with Gasteiger partial charge in [0.2, 0.25) is 5.91 Å². The first-order valence-electron chi connectivity index (χ1n) is 8.54. The Hall–Kier alpha value is -1.33. The molecule has 2 aliphatic heterocycles. The molecular formula is C16H22N3NaO10S2. The fraction of sp³-hybridized carbons (Fsp3) is 0.562. The molecule has 0 bridgehead atoms. The molecule has 0 radical (unpaired) electrons. The van der Waals surface area contributed by atoms with Crippen molar-refractivity contribution in [3.8, 4) is 0 Å². The molecule has 0 saturated carbocycles. The molecule has 174 valence electrons. The van der Waals surface area contributed by atoms with Crippen molar-refractivity contribution in [2.45, 2.75) is 24.1 Å². The van der Waals surface area contributed by atoms with Gasteiger partial charge in [0, 0.05) is 25.5 Å². The van der Waals surface area contributed by atoms with E-state index in [0.717, 1.165) is 35.3 Å². The van der Waals surface area contributed by atoms with Crippen molar-refractivity contribution in [2.24, 2.45) is 5.73 Å². The minimum Gasteiger partial charge on any atom is -0.543 e. The summed E-state index contributed by atoms with van der Waals surface area (Å²) in [4.78, 5) is 56.7. The fourth-order valence-corrected chi connectivity index (χ4v) is 4.85. The maximum atomic E-state index is 12.6. The molecular weight excluding hydrogens is 481 g/mol. The predicted octanol–water partition coefficient (Wildman–Crippen LogP) is -6.40. The molecule has 32 heavy (non-hydrogen) atoms. The number of thioether (sulfide) groups is 2. The van der Waals surface area contributed by atoms with Gasteiger partial charge in [0.1, 0.15) is 11.4 Å². The zero-order valence-corrected chi connectivity index (χ0v) is 21.2. The number of aliphatic hydroxyl groups excluding tert-OH is 1. The number of amides is 2. The zero-order valence-electron chi connectivity index (χ0n) is 17.5. The van der Waals surface area contributed by atoms with Gasteiger partial charge in [-0.25, -0.2) is 0 Å². The van der Waals surface area contributed by atoms with Crippen molar-refractivity contribution >= 4 is 53.2 Å². The Morgan fingerprint density at radius 1 is 1.41 bits per heavy atom. The molecule has 0 unspecified atom stereocenters. The van der Waals surface area contributed by atoms with Crippen LogP contribution in [0.5, 0.6) is 0 Å². The van der Waals surface area contributed by atoms with E-state index in [2.05, 4.69) is 5.32 Å². The third-order valence-electron chi connectivity index (χ3n) is 3.99. The van der Waals surface area contributed by atoms with E-state index in [1.807, 2.05) is 0 Å². The second kappa shape index (κ2) is 13.4. The smallest absolute Gasteiger partial charge is 0.543 e. The Kier molecular flexibility index (Phi) is 12.8. The Morgan fingerprint density at radius 2 is 1.97 bits per heavy atom. The number of fused-ring (bicyclic) bond motifs is 1. The summed E-state index contributed by atoms with van der Waals surface area (Å²) in [7, 11) is 1.20. The minimum atomic E-state index is -1.75. The van der Waals surface area contributed by atoms with Crippen LogP contribution < -0.4 is 45.7 Å². The van der Waals surface area contributed by atoms with Crippen LogP contribution in [0.15, 0.2) is 11.3 Å². The monoisotopic (exact) mass is 503 g/mol. The van der Waals surface area contributed by atoms with Gasteiger partial charge in [0.15, 0.2) is 0 Å². The Labute approximate surface area is 213 Å². The van der Waals surface area contributed by atoms with Crippen molar-refractivity contribution < 1.29 is 78.7 Å². The number of aliphatic hydroxyl groups is 1. The number of ether oxygens (including phenoxy) is 1. The number of nitrogens with one attached hydrogen (secondary N) is 1. The third-order valence-corrected chi connectivity index (χ3v) is 6.42. The van der Waals surface area contributed by atoms with Crippen LogP contribution in [-0.2, 0) is 28.7 Å². The van der Waals surface area contributed by atoms with Gasteiger partial charge < -0.3 is 41.0 Å². The van der Waals surface area contributed by atoms with Crippen LogP contribution in [-0.4, -0.2) is 98.1 Å². The SMILES string of the molecule is CC(=O)O.CO[C@@]1(NC(=O)CSC[C@@H](N)C(=O)O)C(=O)N2C(C(=O)[O-])=C(CO)CS[C@@H]21.[Na+]. The molecule has 6 N–H and O–H groups in total. The summed E-state index contributed by atoms with van der Waals surface area (Å²) >= 11 is 2.10. The molecule has 0 aromatic heterocycles. The molecule has 0 aromatic carbocycles. The summed E-state index contributed by atoms with van der Waals surface area (Å²) in [5.41, 5.74) is 3.31. The van der Waals surface area contributed by atoms with Gasteiger partial charge in [0.05, 0.1) is 24.0 Å². The van der Waals surface area contributed by atoms with Gasteiger partial charge in [-0.1, -0.05) is 0 Å². The second-order valence-electron chi connectivity index (χ2n) is 6.20. The number of carboxylic acid groups (broad SMARTS) is 3. The van der Waals surface area contributed by atoms with Crippen molar-refractivity contribution in [1.82, 2.24) is 10.2 Å². The van der Waals surface area contributed by atoms with Crippen molar-refractivity contribution in [3.05, 3.63) is 11.3 Å². The Bertz CT molecular complexity index is 792. The van der Waals surface area contributed by atoms with Crippen LogP contribution in [0.4, 0.5) is 0 Å². The average molecular weight is 503 g/mol. The molecule has 0 aromatic rings. The fourth-order valence-electron chi connectivity index (χ4n) is 2.65. The number of carboxylic acids is 3. The van der Waals surface area contributed by atoms with E-state index in [0.29, 0.717) is 0 Å². The number of nitrogens with zero attached hydrogens (tertiary/aromatic N) is 1. The van der Waals surface area contributed by atoms with Gasteiger partial charge in [-0.2, -0.15) is 0 Å². The van der Waals surface area contributed by atoms with E-state index in [1.54, 1.807) is 0 Å². The average Bonchev–Trinajstić information content (AvgIpc) is 2.69. The van der Waals surface area contributed by atoms with Gasteiger partial charge in [0.25, 0.3) is 17.6 Å². The van der Waals surface area contributed by atoms with Crippen molar-refractivity contribution in [1.29, 1.82) is 0 Å². The van der Waals surface area contributed by atoms with Gasteiger partial charge >= 0.3 is 35.5 Å². The number of carbonyl (C=O) groups is 5. The predicted molar refractivity (Wildman–Crippen MR) is 106 cm³/mol. The van der Waals surface area contributed by atoms with Crippen LogP contribution in [0.2, 0.25) is 0 Å². The van der Waals surface area contributed by atoms with Crippen LogP contribution >= 0.6 is 23.5 Å². The van der Waals surface area contributed by atoms with E-state index in [-0.39, 0.29) is 52.4 Å². The molecule has 16 heteroatoms. The van der Waals surface area contributed by atoms with Crippen LogP contribution in [0, 0.1) is 0 Å². The molecule has 2 rings (SSSR count). The molecule has 1 fully saturated rings. The number of hydrogen-bond acceptors (Lipinski definition) is 11. The number of carbonyl (C=O) groups excluding carboxylic acids is 3. The van der Waals surface area contributed by atoms with Crippen LogP contribution in [0.1, 0.15) is 6.92 Å². The first-order valence-corrected chi connectivity index (χ1v) is 10.7. The topological polar surface area (TPSA) is 220 Å². The summed E-state index contributed by atoms with van der Waals surface area (Å²) in [6, 6.07) is -1.12. The number of β-lactam (4-membered cyclic amide) rings is 1. The molecule has 3 atom stereocenters. The van der Waals surface area contributed by atoms with E-state index in [4.69, 9.17) is 25.5 Å². The molecule has 1 saturated heterocycles. The summed E-state index contributed by atoms with van der Waals surface area (Å²) < 4.78 is 5.22. The maximum Gasteiger partial charge on any atom is 1.00 e. The Morgan fingerprint density at radius 3 is 2.41 bits per heavy atom. The Balaban J connectivity index is 0.00000177.